The van der Waals surface area contributed by atoms with Crippen LogP contribution in [0.25, 0.3) is 0 Å². The topological polar surface area (TPSA) is 28.2 Å². The van der Waals surface area contributed by atoms with Crippen LogP contribution >= 0.6 is 11.8 Å². The third-order valence-corrected chi connectivity index (χ3v) is 4.31. The van der Waals surface area contributed by atoms with Gasteiger partial charge in [0, 0.05) is 42.9 Å². The molecule has 0 aromatic carbocycles. The molecule has 1 aliphatic heterocycles. The van der Waals surface area contributed by atoms with Crippen molar-refractivity contribution in [2.75, 3.05) is 23.7 Å². The molecule has 0 spiro atoms. The second-order valence-electron chi connectivity index (χ2n) is 5.17. The lowest BCUT2D eigenvalue weighted by Crippen LogP contribution is -2.37. The van der Waals surface area contributed by atoms with Gasteiger partial charge in [-0.2, -0.15) is 11.8 Å². The Hall–Kier alpha value is -0.740. The molecule has 1 unspecified atom stereocenters. The summed E-state index contributed by atoms with van der Waals surface area (Å²) in [7, 11) is 0. The van der Waals surface area contributed by atoms with Crippen molar-refractivity contribution in [2.24, 2.45) is 0 Å². The molecule has 1 aliphatic rings. The minimum atomic E-state index is 0.516. The molecule has 0 amide bonds. The molecule has 0 aliphatic carbocycles. The second kappa shape index (κ2) is 6.43. The van der Waals surface area contributed by atoms with Crippen molar-refractivity contribution in [3.05, 3.63) is 24.0 Å². The van der Waals surface area contributed by atoms with Gasteiger partial charge in [-0.3, -0.25) is 4.98 Å². The predicted molar refractivity (Wildman–Crippen MR) is 80.3 cm³/mol. The first kappa shape index (κ1) is 13.7. The van der Waals surface area contributed by atoms with Crippen LogP contribution in [0.4, 0.5) is 5.69 Å². The van der Waals surface area contributed by atoms with Gasteiger partial charge in [0.05, 0.1) is 11.9 Å². The Labute approximate surface area is 114 Å². The van der Waals surface area contributed by atoms with Crippen LogP contribution in [0.2, 0.25) is 0 Å². The first-order valence-electron chi connectivity index (χ1n) is 6.69. The summed E-state index contributed by atoms with van der Waals surface area (Å²) in [5.41, 5.74) is 2.66. The van der Waals surface area contributed by atoms with Gasteiger partial charge in [-0.05, 0) is 11.6 Å². The molecule has 100 valence electrons. The number of hydrogen-bond donors (Lipinski definition) is 1. The molecular weight excluding hydrogens is 242 g/mol. The van der Waals surface area contributed by atoms with Crippen molar-refractivity contribution in [1.29, 1.82) is 0 Å². The summed E-state index contributed by atoms with van der Waals surface area (Å²) in [5.74, 6) is 1.22. The standard InChI is InChI=1S/C14H23N3S/c1-11(2)16-8-13-4-5-15-9-14(13)17-6-7-18-12(3)10-17/h4-5,9,11-12,16H,6-8,10H2,1-3H3. The summed E-state index contributed by atoms with van der Waals surface area (Å²) in [6.45, 7) is 9.86. The SMILES string of the molecule is CC(C)NCc1ccncc1N1CCSC(C)C1. The van der Waals surface area contributed by atoms with Gasteiger partial charge in [0.1, 0.15) is 0 Å². The predicted octanol–water partition coefficient (Wildman–Crippen LogP) is 2.52. The minimum Gasteiger partial charge on any atom is -0.368 e. The molecular formula is C14H23N3S. The smallest absolute Gasteiger partial charge is 0.0599 e. The van der Waals surface area contributed by atoms with Crippen molar-refractivity contribution in [1.82, 2.24) is 10.3 Å². The zero-order chi connectivity index (χ0) is 13.0. The van der Waals surface area contributed by atoms with E-state index >= 15 is 0 Å². The van der Waals surface area contributed by atoms with E-state index in [1.54, 1.807) is 0 Å². The molecule has 3 nitrogen and oxygen atoms in total. The molecule has 0 bridgehead atoms. The average Bonchev–Trinajstić information content (AvgIpc) is 2.36. The van der Waals surface area contributed by atoms with Crippen molar-refractivity contribution in [2.45, 2.75) is 38.6 Å². The van der Waals surface area contributed by atoms with Gasteiger partial charge in [-0.15, -0.1) is 0 Å². The fourth-order valence-corrected chi connectivity index (χ4v) is 3.21. The van der Waals surface area contributed by atoms with E-state index in [0.717, 1.165) is 19.6 Å². The Morgan fingerprint density at radius 1 is 1.56 bits per heavy atom. The molecule has 0 saturated carbocycles. The highest BCUT2D eigenvalue weighted by molar-refractivity contribution is 8.00. The Morgan fingerprint density at radius 2 is 2.39 bits per heavy atom. The van der Waals surface area contributed by atoms with Crippen LogP contribution < -0.4 is 10.2 Å². The normalized spacial score (nSPS) is 20.4. The van der Waals surface area contributed by atoms with Crippen LogP contribution in [0.15, 0.2) is 18.5 Å². The average molecular weight is 265 g/mol. The number of aromatic nitrogens is 1. The maximum Gasteiger partial charge on any atom is 0.0599 e. The molecule has 18 heavy (non-hydrogen) atoms. The molecule has 4 heteroatoms. The van der Waals surface area contributed by atoms with Gasteiger partial charge in [-0.25, -0.2) is 0 Å². The van der Waals surface area contributed by atoms with Crippen molar-refractivity contribution >= 4 is 17.4 Å². The third kappa shape index (κ3) is 3.62. The third-order valence-electron chi connectivity index (χ3n) is 3.17. The zero-order valence-corrected chi connectivity index (χ0v) is 12.3. The van der Waals surface area contributed by atoms with Crippen LogP contribution in [-0.4, -0.2) is 35.1 Å². The number of hydrogen-bond acceptors (Lipinski definition) is 4. The highest BCUT2D eigenvalue weighted by Crippen LogP contribution is 2.26. The Kier molecular flexibility index (Phi) is 4.89. The first-order chi connectivity index (χ1) is 8.66. The monoisotopic (exact) mass is 265 g/mol. The highest BCUT2D eigenvalue weighted by Gasteiger charge is 2.19. The van der Waals surface area contributed by atoms with Crippen molar-refractivity contribution < 1.29 is 0 Å². The molecule has 2 heterocycles. The zero-order valence-electron chi connectivity index (χ0n) is 11.5. The molecule has 1 atom stereocenters. The number of pyridine rings is 1. The lowest BCUT2D eigenvalue weighted by atomic mass is 10.2. The Balaban J connectivity index is 2.10. The van der Waals surface area contributed by atoms with E-state index in [9.17, 15) is 0 Å². The summed E-state index contributed by atoms with van der Waals surface area (Å²) < 4.78 is 0. The Bertz CT molecular complexity index is 381. The van der Waals surface area contributed by atoms with Crippen LogP contribution in [0, 0.1) is 0 Å². The van der Waals surface area contributed by atoms with Gasteiger partial charge >= 0.3 is 0 Å². The van der Waals surface area contributed by atoms with Gasteiger partial charge in [0.2, 0.25) is 0 Å². The highest BCUT2D eigenvalue weighted by atomic mass is 32.2. The summed E-state index contributed by atoms with van der Waals surface area (Å²) in [6.07, 6.45) is 3.91. The maximum absolute atomic E-state index is 4.30. The summed E-state index contributed by atoms with van der Waals surface area (Å²) in [5, 5.41) is 4.21. The van der Waals surface area contributed by atoms with E-state index in [0.29, 0.717) is 11.3 Å². The van der Waals surface area contributed by atoms with Gasteiger partial charge in [-0.1, -0.05) is 20.8 Å². The number of rotatable bonds is 4. The van der Waals surface area contributed by atoms with E-state index in [4.69, 9.17) is 0 Å². The van der Waals surface area contributed by atoms with Crippen LogP contribution in [0.3, 0.4) is 0 Å². The summed E-state index contributed by atoms with van der Waals surface area (Å²) >= 11 is 2.06. The van der Waals surface area contributed by atoms with Crippen molar-refractivity contribution in [3.63, 3.8) is 0 Å². The lowest BCUT2D eigenvalue weighted by molar-refractivity contribution is 0.587. The lowest BCUT2D eigenvalue weighted by Gasteiger charge is -2.33. The van der Waals surface area contributed by atoms with Crippen LogP contribution in [-0.2, 0) is 6.54 Å². The fourth-order valence-electron chi connectivity index (χ4n) is 2.20. The van der Waals surface area contributed by atoms with Crippen molar-refractivity contribution in [3.8, 4) is 0 Å². The van der Waals surface area contributed by atoms with Gasteiger partial charge < -0.3 is 10.2 Å². The molecule has 1 aromatic rings. The summed E-state index contributed by atoms with van der Waals surface area (Å²) in [4.78, 5) is 6.77. The molecule has 1 N–H and O–H groups in total. The fraction of sp³-hybridized carbons (Fsp3) is 0.643. The Morgan fingerprint density at radius 3 is 3.11 bits per heavy atom. The molecule has 2 rings (SSSR count). The molecule has 1 fully saturated rings. The van der Waals surface area contributed by atoms with E-state index in [2.05, 4.69) is 53.8 Å². The molecule has 0 radical (unpaired) electrons. The van der Waals surface area contributed by atoms with Gasteiger partial charge in [0.25, 0.3) is 0 Å². The largest absolute Gasteiger partial charge is 0.368 e. The van der Waals surface area contributed by atoms with E-state index in [1.807, 2.05) is 12.4 Å². The summed E-state index contributed by atoms with van der Waals surface area (Å²) in [6, 6.07) is 2.65. The van der Waals surface area contributed by atoms with E-state index in [1.165, 1.54) is 17.0 Å². The number of nitrogens with one attached hydrogen (secondary N) is 1. The van der Waals surface area contributed by atoms with E-state index in [-0.39, 0.29) is 0 Å². The first-order valence-corrected chi connectivity index (χ1v) is 7.74. The maximum atomic E-state index is 4.30. The number of thioether (sulfide) groups is 1. The second-order valence-corrected chi connectivity index (χ2v) is 6.71. The van der Waals surface area contributed by atoms with Crippen LogP contribution in [0.1, 0.15) is 26.3 Å². The molecule has 1 saturated heterocycles. The van der Waals surface area contributed by atoms with Crippen LogP contribution in [0.5, 0.6) is 0 Å². The minimum absolute atomic E-state index is 0.516. The molecule has 1 aromatic heterocycles. The van der Waals surface area contributed by atoms with E-state index < -0.39 is 0 Å². The van der Waals surface area contributed by atoms with Gasteiger partial charge in [0.15, 0.2) is 0 Å². The number of anilines is 1. The quantitative estimate of drug-likeness (QED) is 0.905. The number of nitrogens with zero attached hydrogens (tertiary/aromatic N) is 2.